The maximum absolute atomic E-state index is 8.63. The summed E-state index contributed by atoms with van der Waals surface area (Å²) in [5, 5.41) is 12.0. The maximum Gasteiger partial charge on any atom is 0.0991 e. The maximum atomic E-state index is 8.63. The Morgan fingerprint density at radius 3 is 2.47 bits per heavy atom. The van der Waals surface area contributed by atoms with Crippen LogP contribution in [0.25, 0.3) is 0 Å². The number of anilines is 1. The smallest absolute Gasteiger partial charge is 0.0991 e. The van der Waals surface area contributed by atoms with Gasteiger partial charge in [-0.3, -0.25) is 0 Å². The minimum Gasteiger partial charge on any atom is -0.385 e. The first-order valence-electron chi connectivity index (χ1n) is 5.61. The van der Waals surface area contributed by atoms with Crippen LogP contribution in [0.2, 0.25) is 0 Å². The Kier molecular flexibility index (Phi) is 5.32. The molecule has 0 heterocycles. The molecule has 0 amide bonds. The predicted octanol–water partition coefficient (Wildman–Crippen LogP) is 3.55. The molecule has 80 valence electrons. The van der Waals surface area contributed by atoms with Crippen LogP contribution in [-0.4, -0.2) is 6.54 Å². The first-order chi connectivity index (χ1) is 7.36. The second-order valence-electron chi connectivity index (χ2n) is 3.68. The molecule has 1 aromatic carbocycles. The van der Waals surface area contributed by atoms with Crippen molar-refractivity contribution in [2.45, 2.75) is 32.6 Å². The van der Waals surface area contributed by atoms with Crippen molar-refractivity contribution in [2.24, 2.45) is 0 Å². The predicted molar refractivity (Wildman–Crippen MR) is 63.8 cm³/mol. The summed E-state index contributed by atoms with van der Waals surface area (Å²) in [5.74, 6) is 0. The fourth-order valence-corrected chi connectivity index (χ4v) is 1.45. The van der Waals surface area contributed by atoms with Crippen molar-refractivity contribution < 1.29 is 0 Å². The second-order valence-corrected chi connectivity index (χ2v) is 3.68. The molecule has 0 bridgehead atoms. The van der Waals surface area contributed by atoms with Crippen LogP contribution in [0.1, 0.15) is 38.2 Å². The molecule has 0 aliphatic heterocycles. The van der Waals surface area contributed by atoms with Crippen molar-refractivity contribution in [1.29, 1.82) is 5.26 Å². The highest BCUT2D eigenvalue weighted by molar-refractivity contribution is 5.46. The number of rotatable bonds is 6. The zero-order valence-electron chi connectivity index (χ0n) is 9.29. The van der Waals surface area contributed by atoms with Gasteiger partial charge in [0.2, 0.25) is 0 Å². The molecule has 0 fully saturated rings. The van der Waals surface area contributed by atoms with Crippen LogP contribution in [0.3, 0.4) is 0 Å². The Balaban J connectivity index is 2.23. The molecule has 2 heteroatoms. The quantitative estimate of drug-likeness (QED) is 0.716. The third-order valence-electron chi connectivity index (χ3n) is 2.37. The van der Waals surface area contributed by atoms with Gasteiger partial charge in [0.25, 0.3) is 0 Å². The molecule has 0 atom stereocenters. The Morgan fingerprint density at radius 2 is 1.87 bits per heavy atom. The first-order valence-corrected chi connectivity index (χ1v) is 5.61. The van der Waals surface area contributed by atoms with Crippen LogP contribution in [0.4, 0.5) is 5.69 Å². The van der Waals surface area contributed by atoms with Crippen molar-refractivity contribution in [3.63, 3.8) is 0 Å². The fourth-order valence-electron chi connectivity index (χ4n) is 1.45. The molecule has 0 saturated heterocycles. The van der Waals surface area contributed by atoms with Crippen LogP contribution < -0.4 is 5.32 Å². The van der Waals surface area contributed by atoms with Gasteiger partial charge < -0.3 is 5.32 Å². The summed E-state index contributed by atoms with van der Waals surface area (Å²) < 4.78 is 0. The van der Waals surface area contributed by atoms with Crippen molar-refractivity contribution in [1.82, 2.24) is 0 Å². The molecule has 0 aliphatic rings. The zero-order chi connectivity index (χ0) is 10.9. The van der Waals surface area contributed by atoms with Crippen LogP contribution >= 0.6 is 0 Å². The van der Waals surface area contributed by atoms with Crippen LogP contribution in [0.5, 0.6) is 0 Å². The minimum atomic E-state index is 0.714. The molecule has 15 heavy (non-hydrogen) atoms. The van der Waals surface area contributed by atoms with Crippen LogP contribution in [0, 0.1) is 11.3 Å². The minimum absolute atomic E-state index is 0.714. The van der Waals surface area contributed by atoms with Gasteiger partial charge >= 0.3 is 0 Å². The molecule has 0 spiro atoms. The summed E-state index contributed by atoms with van der Waals surface area (Å²) in [6.07, 6.45) is 5.10. The van der Waals surface area contributed by atoms with Crippen LogP contribution in [0.15, 0.2) is 24.3 Å². The van der Waals surface area contributed by atoms with Gasteiger partial charge in [0.15, 0.2) is 0 Å². The highest BCUT2D eigenvalue weighted by Gasteiger charge is 1.92. The number of nitrogens with zero attached hydrogens (tertiary/aromatic N) is 1. The lowest BCUT2D eigenvalue weighted by atomic mass is 10.2. The van der Waals surface area contributed by atoms with E-state index in [1.165, 1.54) is 25.7 Å². The molecule has 0 aliphatic carbocycles. The number of nitriles is 1. The second kappa shape index (κ2) is 6.89. The average Bonchev–Trinajstić information content (AvgIpc) is 2.30. The first kappa shape index (κ1) is 11.6. The van der Waals surface area contributed by atoms with Gasteiger partial charge in [0.05, 0.1) is 11.6 Å². The van der Waals surface area contributed by atoms with Crippen molar-refractivity contribution in [2.75, 3.05) is 11.9 Å². The van der Waals surface area contributed by atoms with E-state index in [-0.39, 0.29) is 0 Å². The number of nitrogens with one attached hydrogen (secondary N) is 1. The van der Waals surface area contributed by atoms with Gasteiger partial charge in [-0.25, -0.2) is 0 Å². The van der Waals surface area contributed by atoms with E-state index in [0.717, 1.165) is 12.2 Å². The largest absolute Gasteiger partial charge is 0.385 e. The van der Waals surface area contributed by atoms with Crippen molar-refractivity contribution in [3.05, 3.63) is 29.8 Å². The van der Waals surface area contributed by atoms with E-state index in [0.29, 0.717) is 5.56 Å². The van der Waals surface area contributed by atoms with Crippen molar-refractivity contribution in [3.8, 4) is 6.07 Å². The van der Waals surface area contributed by atoms with Gasteiger partial charge in [0.1, 0.15) is 0 Å². The number of hydrogen-bond acceptors (Lipinski definition) is 2. The fraction of sp³-hybridized carbons (Fsp3) is 0.462. The molecular formula is C13H18N2. The Morgan fingerprint density at radius 1 is 1.13 bits per heavy atom. The Hall–Kier alpha value is -1.49. The van der Waals surface area contributed by atoms with Gasteiger partial charge in [-0.05, 0) is 30.7 Å². The molecule has 2 nitrogen and oxygen atoms in total. The topological polar surface area (TPSA) is 35.8 Å². The average molecular weight is 202 g/mol. The summed E-state index contributed by atoms with van der Waals surface area (Å²) in [7, 11) is 0. The monoisotopic (exact) mass is 202 g/mol. The standard InChI is InChI=1S/C13H18N2/c1-2-3-4-5-10-15-13-8-6-12(11-14)7-9-13/h6-9,15H,2-5,10H2,1H3. The van der Waals surface area contributed by atoms with Crippen LogP contribution in [-0.2, 0) is 0 Å². The van der Waals surface area contributed by atoms with E-state index in [9.17, 15) is 0 Å². The molecule has 0 unspecified atom stereocenters. The van der Waals surface area contributed by atoms with E-state index >= 15 is 0 Å². The molecule has 0 aromatic heterocycles. The third kappa shape index (κ3) is 4.51. The normalized spacial score (nSPS) is 9.60. The number of benzene rings is 1. The van der Waals surface area contributed by atoms with Gasteiger partial charge in [0, 0.05) is 12.2 Å². The van der Waals surface area contributed by atoms with E-state index in [2.05, 4.69) is 18.3 Å². The van der Waals surface area contributed by atoms with Gasteiger partial charge in [-0.2, -0.15) is 5.26 Å². The summed E-state index contributed by atoms with van der Waals surface area (Å²) in [4.78, 5) is 0. The molecule has 0 radical (unpaired) electrons. The summed E-state index contributed by atoms with van der Waals surface area (Å²) in [5.41, 5.74) is 1.82. The lowest BCUT2D eigenvalue weighted by Crippen LogP contribution is -2.00. The van der Waals surface area contributed by atoms with E-state index < -0.39 is 0 Å². The summed E-state index contributed by atoms with van der Waals surface area (Å²) in [6, 6.07) is 9.71. The van der Waals surface area contributed by atoms with Gasteiger partial charge in [-0.15, -0.1) is 0 Å². The number of hydrogen-bond donors (Lipinski definition) is 1. The lowest BCUT2D eigenvalue weighted by molar-refractivity contribution is 0.685. The SMILES string of the molecule is CCCCCCNc1ccc(C#N)cc1. The summed E-state index contributed by atoms with van der Waals surface area (Å²) in [6.45, 7) is 3.24. The van der Waals surface area contributed by atoms with Crippen molar-refractivity contribution >= 4 is 5.69 Å². The molecule has 1 N–H and O–H groups in total. The molecule has 1 aromatic rings. The van der Waals surface area contributed by atoms with E-state index in [4.69, 9.17) is 5.26 Å². The Bertz CT molecular complexity index is 308. The highest BCUT2D eigenvalue weighted by Crippen LogP contribution is 2.09. The third-order valence-corrected chi connectivity index (χ3v) is 2.37. The summed E-state index contributed by atoms with van der Waals surface area (Å²) >= 11 is 0. The molecule has 0 saturated carbocycles. The lowest BCUT2D eigenvalue weighted by Gasteiger charge is -2.05. The van der Waals surface area contributed by atoms with Gasteiger partial charge in [-0.1, -0.05) is 26.2 Å². The van der Waals surface area contributed by atoms with E-state index in [1.54, 1.807) is 0 Å². The highest BCUT2D eigenvalue weighted by atomic mass is 14.9. The molecule has 1 rings (SSSR count). The van der Waals surface area contributed by atoms with E-state index in [1.807, 2.05) is 24.3 Å². The molecular weight excluding hydrogens is 184 g/mol. The Labute approximate surface area is 91.9 Å². The zero-order valence-corrected chi connectivity index (χ0v) is 9.29. The number of unbranched alkanes of at least 4 members (excludes halogenated alkanes) is 3.